The van der Waals surface area contributed by atoms with Crippen LogP contribution in [0.25, 0.3) is 0 Å². The Balaban J connectivity index is 2.21. The molecule has 2 atom stereocenters. The van der Waals surface area contributed by atoms with Crippen LogP contribution < -0.4 is 9.47 Å². The fourth-order valence-corrected chi connectivity index (χ4v) is 3.29. The first-order valence-electron chi connectivity index (χ1n) is 9.13. The number of carbonyl (C=O) groups is 2. The average Bonchev–Trinajstić information content (AvgIpc) is 2.70. The van der Waals surface area contributed by atoms with E-state index >= 15 is 0 Å². The maximum atomic E-state index is 12.0. The molecule has 0 aliphatic carbocycles. The molecule has 2 aromatic rings. The van der Waals surface area contributed by atoms with Crippen LogP contribution in [0.3, 0.4) is 0 Å². The van der Waals surface area contributed by atoms with Crippen LogP contribution >= 0.6 is 0 Å². The smallest absolute Gasteiger partial charge is 0.307 e. The van der Waals surface area contributed by atoms with Crippen molar-refractivity contribution in [3.63, 3.8) is 0 Å². The van der Waals surface area contributed by atoms with E-state index in [1.165, 1.54) is 0 Å². The summed E-state index contributed by atoms with van der Waals surface area (Å²) in [6, 6.07) is 14.7. The molecular weight excluding hydrogens is 360 g/mol. The molecule has 6 heteroatoms. The molecule has 0 aliphatic heterocycles. The molecule has 0 saturated heterocycles. The Bertz CT molecular complexity index is 767. The molecule has 0 saturated carbocycles. The van der Waals surface area contributed by atoms with Crippen LogP contribution in [-0.2, 0) is 22.4 Å². The van der Waals surface area contributed by atoms with Gasteiger partial charge in [0.15, 0.2) is 0 Å². The largest absolute Gasteiger partial charge is 0.497 e. The molecule has 2 N–H and O–H groups in total. The van der Waals surface area contributed by atoms with Gasteiger partial charge in [-0.25, -0.2) is 0 Å². The molecule has 0 heterocycles. The monoisotopic (exact) mass is 386 g/mol. The lowest BCUT2D eigenvalue weighted by molar-refractivity contribution is -0.145. The lowest BCUT2D eigenvalue weighted by Crippen LogP contribution is -2.28. The molecule has 2 rings (SSSR count). The maximum absolute atomic E-state index is 12.0. The van der Waals surface area contributed by atoms with E-state index in [4.69, 9.17) is 14.6 Å². The zero-order chi connectivity index (χ0) is 20.5. The number of carboxylic acid groups (broad SMARTS) is 2. The van der Waals surface area contributed by atoms with E-state index in [1.807, 2.05) is 36.4 Å². The molecule has 150 valence electrons. The lowest BCUT2D eigenvalue weighted by Gasteiger charge is -2.24. The van der Waals surface area contributed by atoms with Gasteiger partial charge in [-0.05, 0) is 60.6 Å². The maximum Gasteiger partial charge on any atom is 0.307 e. The molecule has 0 aliphatic rings. The van der Waals surface area contributed by atoms with Crippen molar-refractivity contribution in [2.75, 3.05) is 14.2 Å². The summed E-state index contributed by atoms with van der Waals surface area (Å²) >= 11 is 0. The Morgan fingerprint density at radius 2 is 1.29 bits per heavy atom. The van der Waals surface area contributed by atoms with Gasteiger partial charge in [0.25, 0.3) is 0 Å². The molecule has 0 fully saturated rings. The van der Waals surface area contributed by atoms with Gasteiger partial charge in [-0.15, -0.1) is 0 Å². The van der Waals surface area contributed by atoms with Crippen molar-refractivity contribution < 1.29 is 29.3 Å². The fourth-order valence-electron chi connectivity index (χ4n) is 3.29. The zero-order valence-corrected chi connectivity index (χ0v) is 16.1. The number of methoxy groups -OCH3 is 2. The number of benzene rings is 2. The van der Waals surface area contributed by atoms with Gasteiger partial charge in [0.1, 0.15) is 11.5 Å². The van der Waals surface area contributed by atoms with Crippen LogP contribution in [0.15, 0.2) is 48.5 Å². The molecule has 0 radical (unpaired) electrons. The minimum absolute atomic E-state index is 0.0623. The topological polar surface area (TPSA) is 93.1 Å². The summed E-state index contributed by atoms with van der Waals surface area (Å²) < 4.78 is 10.3. The van der Waals surface area contributed by atoms with Gasteiger partial charge in [-0.2, -0.15) is 0 Å². The fraction of sp³-hybridized carbons (Fsp3) is 0.364. The minimum atomic E-state index is -0.923. The molecular formula is C22H26O6. The average molecular weight is 386 g/mol. The first-order chi connectivity index (χ1) is 13.4. The quantitative estimate of drug-likeness (QED) is 0.612. The third-order valence-electron chi connectivity index (χ3n) is 4.89. The third kappa shape index (κ3) is 6.30. The van der Waals surface area contributed by atoms with Gasteiger partial charge in [-0.3, -0.25) is 9.59 Å². The van der Waals surface area contributed by atoms with Crippen molar-refractivity contribution in [2.24, 2.45) is 11.8 Å². The summed E-state index contributed by atoms with van der Waals surface area (Å²) in [5.41, 5.74) is 1.83. The van der Waals surface area contributed by atoms with Crippen molar-refractivity contribution in [1.82, 2.24) is 0 Å². The van der Waals surface area contributed by atoms with E-state index < -0.39 is 17.9 Å². The highest BCUT2D eigenvalue weighted by Gasteiger charge is 2.29. The third-order valence-corrected chi connectivity index (χ3v) is 4.89. The van der Waals surface area contributed by atoms with Crippen LogP contribution in [0, 0.1) is 11.8 Å². The normalized spacial score (nSPS) is 12.8. The van der Waals surface area contributed by atoms with Crippen LogP contribution in [0.1, 0.15) is 24.0 Å². The van der Waals surface area contributed by atoms with E-state index in [0.717, 1.165) is 16.9 Å². The van der Waals surface area contributed by atoms with Crippen molar-refractivity contribution >= 4 is 11.9 Å². The molecule has 0 aromatic heterocycles. The Kier molecular flexibility index (Phi) is 7.87. The number of hydrogen-bond donors (Lipinski definition) is 2. The predicted molar refractivity (Wildman–Crippen MR) is 105 cm³/mol. The Hall–Kier alpha value is -3.02. The van der Waals surface area contributed by atoms with Gasteiger partial charge in [-0.1, -0.05) is 24.3 Å². The van der Waals surface area contributed by atoms with E-state index in [2.05, 4.69) is 0 Å². The number of rotatable bonds is 11. The Morgan fingerprint density at radius 1 is 0.821 bits per heavy atom. The first-order valence-corrected chi connectivity index (χ1v) is 9.13. The lowest BCUT2D eigenvalue weighted by atomic mass is 9.80. The molecule has 2 aromatic carbocycles. The Morgan fingerprint density at radius 3 is 1.68 bits per heavy atom. The van der Waals surface area contributed by atoms with Crippen LogP contribution in [0.5, 0.6) is 11.5 Å². The van der Waals surface area contributed by atoms with Crippen LogP contribution in [0.4, 0.5) is 0 Å². The number of aliphatic carboxylic acids is 2. The summed E-state index contributed by atoms with van der Waals surface area (Å²) in [5.74, 6) is -1.40. The van der Waals surface area contributed by atoms with E-state index in [9.17, 15) is 14.7 Å². The van der Waals surface area contributed by atoms with E-state index in [0.29, 0.717) is 25.0 Å². The standard InChI is InChI=1S/C22H26O6/c1-27-18-8-3-15(4-9-18)13-17(7-12-21(23)24)20(22(25)26)14-16-5-10-19(28-2)11-6-16/h3-6,8-11,17,20H,7,12-14H2,1-2H3,(H,23,24)(H,25,26)/t17-,20-/m0/s1. The van der Waals surface area contributed by atoms with Gasteiger partial charge >= 0.3 is 11.9 Å². The van der Waals surface area contributed by atoms with Gasteiger partial charge in [0.05, 0.1) is 20.1 Å². The highest BCUT2D eigenvalue weighted by Crippen LogP contribution is 2.28. The van der Waals surface area contributed by atoms with Crippen molar-refractivity contribution in [3.8, 4) is 11.5 Å². The Labute approximate surface area is 164 Å². The summed E-state index contributed by atoms with van der Waals surface area (Å²) in [5, 5.41) is 18.9. The van der Waals surface area contributed by atoms with E-state index in [-0.39, 0.29) is 12.3 Å². The van der Waals surface area contributed by atoms with Gasteiger partial charge in [0, 0.05) is 6.42 Å². The van der Waals surface area contributed by atoms with Gasteiger partial charge < -0.3 is 19.7 Å². The summed E-state index contributed by atoms with van der Waals surface area (Å²) in [7, 11) is 3.16. The number of ether oxygens (including phenoxy) is 2. The molecule has 6 nitrogen and oxygen atoms in total. The second-order valence-corrected chi connectivity index (χ2v) is 6.74. The van der Waals surface area contributed by atoms with Crippen LogP contribution in [-0.4, -0.2) is 36.4 Å². The van der Waals surface area contributed by atoms with Gasteiger partial charge in [0.2, 0.25) is 0 Å². The number of hydrogen-bond acceptors (Lipinski definition) is 4. The summed E-state index contributed by atoms with van der Waals surface area (Å²) in [4.78, 5) is 23.1. The first kappa shape index (κ1) is 21.3. The molecule has 28 heavy (non-hydrogen) atoms. The molecule has 0 bridgehead atoms. The summed E-state index contributed by atoms with van der Waals surface area (Å²) in [6.07, 6.45) is 1.06. The molecule has 0 unspecified atom stereocenters. The second kappa shape index (κ2) is 10.3. The molecule has 0 amide bonds. The molecule has 0 spiro atoms. The SMILES string of the molecule is COc1ccc(C[C@H](CCC(=O)O)[C@H](Cc2ccc(OC)cc2)C(=O)O)cc1. The minimum Gasteiger partial charge on any atom is -0.497 e. The van der Waals surface area contributed by atoms with Crippen LogP contribution in [0.2, 0.25) is 0 Å². The summed E-state index contributed by atoms with van der Waals surface area (Å²) in [6.45, 7) is 0. The second-order valence-electron chi connectivity index (χ2n) is 6.74. The van der Waals surface area contributed by atoms with Crippen molar-refractivity contribution in [2.45, 2.75) is 25.7 Å². The zero-order valence-electron chi connectivity index (χ0n) is 16.1. The highest BCUT2D eigenvalue weighted by molar-refractivity contribution is 5.71. The number of carboxylic acids is 2. The van der Waals surface area contributed by atoms with Crippen molar-refractivity contribution in [1.29, 1.82) is 0 Å². The van der Waals surface area contributed by atoms with E-state index in [1.54, 1.807) is 26.4 Å². The highest BCUT2D eigenvalue weighted by atomic mass is 16.5. The predicted octanol–water partition coefficient (Wildman–Crippen LogP) is 3.67. The van der Waals surface area contributed by atoms with Crippen molar-refractivity contribution in [3.05, 3.63) is 59.7 Å².